The number of nitrogens with zero attached hydrogens (tertiary/aromatic N) is 2. The van der Waals surface area contributed by atoms with E-state index < -0.39 is 24.4 Å². The summed E-state index contributed by atoms with van der Waals surface area (Å²) in [4.78, 5) is 41.2. The largest absolute Gasteiger partial charge is 0.482 e. The highest BCUT2D eigenvalue weighted by Crippen LogP contribution is 2.44. The Hall–Kier alpha value is -3.91. The summed E-state index contributed by atoms with van der Waals surface area (Å²) in [5, 5.41) is 9.59. The van der Waals surface area contributed by atoms with E-state index in [1.165, 1.54) is 24.3 Å². The van der Waals surface area contributed by atoms with E-state index in [4.69, 9.17) is 21.4 Å². The molecule has 1 unspecified atom stereocenters. The molecule has 1 aliphatic rings. The van der Waals surface area contributed by atoms with Crippen molar-refractivity contribution >= 4 is 40.8 Å². The van der Waals surface area contributed by atoms with Crippen LogP contribution in [0.1, 0.15) is 48.7 Å². The van der Waals surface area contributed by atoms with Crippen molar-refractivity contribution < 1.29 is 28.6 Å². The smallest absolute Gasteiger partial charge is 0.341 e. The van der Waals surface area contributed by atoms with Gasteiger partial charge in [0.2, 0.25) is 5.91 Å². The number of hydrogen-bond acceptors (Lipinski definition) is 4. The Morgan fingerprint density at radius 2 is 1.76 bits per heavy atom. The molecule has 37 heavy (non-hydrogen) atoms. The minimum atomic E-state index is -1.13. The molecule has 0 bridgehead atoms. The first-order chi connectivity index (χ1) is 17.7. The number of ether oxygens (including phenoxy) is 1. The van der Waals surface area contributed by atoms with E-state index in [2.05, 4.69) is 0 Å². The second-order valence-corrected chi connectivity index (χ2v) is 9.22. The molecule has 7 nitrogen and oxygen atoms in total. The van der Waals surface area contributed by atoms with Crippen molar-refractivity contribution in [3.05, 3.63) is 88.7 Å². The van der Waals surface area contributed by atoms with Gasteiger partial charge in [0.25, 0.3) is 5.91 Å². The molecule has 1 heterocycles. The zero-order chi connectivity index (χ0) is 26.7. The van der Waals surface area contributed by atoms with Crippen molar-refractivity contribution in [1.29, 1.82) is 0 Å². The summed E-state index contributed by atoms with van der Waals surface area (Å²) in [5.74, 6) is -1.71. The number of carbonyl (C=O) groups is 3. The standard InChI is InChI=1S/C28H26ClFN2O5/c1-3-26(33)32(21-10-6-19(29)7-11-21)25-14-17(2)31(28(36)18-4-8-20(30)9-5-18)24-13-12-22(15-23(24)25)37-16-27(34)35/h4-13,15,17,25H,3,14,16H2,1-2H3,(H,34,35)/t17?,25-/m0/s1. The number of carbonyl (C=O) groups excluding carboxylic acids is 2. The van der Waals surface area contributed by atoms with Crippen LogP contribution < -0.4 is 14.5 Å². The molecule has 3 aromatic carbocycles. The molecule has 2 atom stereocenters. The van der Waals surface area contributed by atoms with E-state index in [0.29, 0.717) is 39.7 Å². The summed E-state index contributed by atoms with van der Waals surface area (Å²) in [6.45, 7) is 3.13. The molecule has 1 aliphatic heterocycles. The van der Waals surface area contributed by atoms with E-state index in [9.17, 15) is 18.8 Å². The highest BCUT2D eigenvalue weighted by atomic mass is 35.5. The zero-order valence-electron chi connectivity index (χ0n) is 20.4. The van der Waals surface area contributed by atoms with Crippen LogP contribution in [0.5, 0.6) is 5.75 Å². The van der Waals surface area contributed by atoms with Crippen LogP contribution in [0.15, 0.2) is 66.7 Å². The van der Waals surface area contributed by atoms with Crippen LogP contribution in [0.2, 0.25) is 5.02 Å². The van der Waals surface area contributed by atoms with Crippen LogP contribution in [0.25, 0.3) is 0 Å². The fourth-order valence-corrected chi connectivity index (χ4v) is 4.73. The summed E-state index contributed by atoms with van der Waals surface area (Å²) in [6, 6.07) is 16.4. The maximum atomic E-state index is 13.6. The second-order valence-electron chi connectivity index (χ2n) is 8.78. The van der Waals surface area contributed by atoms with Gasteiger partial charge in [-0.2, -0.15) is 0 Å². The first-order valence-corrected chi connectivity index (χ1v) is 12.2. The number of halogens is 2. The topological polar surface area (TPSA) is 87.2 Å². The molecular formula is C28H26ClFN2O5. The van der Waals surface area contributed by atoms with Gasteiger partial charge in [0, 0.05) is 40.0 Å². The minimum Gasteiger partial charge on any atom is -0.482 e. The van der Waals surface area contributed by atoms with Crippen molar-refractivity contribution in [2.75, 3.05) is 16.4 Å². The number of rotatable bonds is 7. The number of benzene rings is 3. The first-order valence-electron chi connectivity index (χ1n) is 11.8. The lowest BCUT2D eigenvalue weighted by atomic mass is 9.89. The molecule has 2 amide bonds. The predicted octanol–water partition coefficient (Wildman–Crippen LogP) is 5.87. The van der Waals surface area contributed by atoms with E-state index in [-0.39, 0.29) is 24.3 Å². The molecule has 0 aliphatic carbocycles. The summed E-state index contributed by atoms with van der Waals surface area (Å²) >= 11 is 6.09. The Morgan fingerprint density at radius 3 is 2.38 bits per heavy atom. The number of carboxylic acid groups (broad SMARTS) is 1. The molecule has 4 rings (SSSR count). The van der Waals surface area contributed by atoms with Crippen LogP contribution >= 0.6 is 11.6 Å². The lowest BCUT2D eigenvalue weighted by Gasteiger charge is -2.43. The molecule has 0 aromatic heterocycles. The Labute approximate surface area is 219 Å². The number of fused-ring (bicyclic) bond motifs is 1. The van der Waals surface area contributed by atoms with Crippen molar-refractivity contribution in [1.82, 2.24) is 0 Å². The maximum Gasteiger partial charge on any atom is 0.341 e. The van der Waals surface area contributed by atoms with Crippen LogP contribution in [0, 0.1) is 5.82 Å². The zero-order valence-corrected chi connectivity index (χ0v) is 21.1. The Balaban J connectivity index is 1.84. The SMILES string of the molecule is CCC(=O)N(c1ccc(Cl)cc1)[C@H]1CC(C)N(C(=O)c2ccc(F)cc2)c2ccc(OCC(=O)O)cc21. The van der Waals surface area contributed by atoms with Crippen LogP contribution in [-0.2, 0) is 9.59 Å². The molecule has 3 aromatic rings. The Bertz CT molecular complexity index is 1310. The predicted molar refractivity (Wildman–Crippen MR) is 139 cm³/mol. The monoisotopic (exact) mass is 524 g/mol. The van der Waals surface area contributed by atoms with Gasteiger partial charge in [0.15, 0.2) is 6.61 Å². The number of anilines is 2. The van der Waals surface area contributed by atoms with Crippen LogP contribution in [0.4, 0.5) is 15.8 Å². The molecule has 9 heteroatoms. The van der Waals surface area contributed by atoms with E-state index in [1.54, 1.807) is 59.2 Å². The quantitative estimate of drug-likeness (QED) is 0.418. The molecular weight excluding hydrogens is 499 g/mol. The number of hydrogen-bond donors (Lipinski definition) is 1. The highest BCUT2D eigenvalue weighted by Gasteiger charge is 2.39. The van der Waals surface area contributed by atoms with Gasteiger partial charge >= 0.3 is 5.97 Å². The molecule has 0 fully saturated rings. The van der Waals surface area contributed by atoms with Gasteiger partial charge in [-0.15, -0.1) is 0 Å². The van der Waals surface area contributed by atoms with Gasteiger partial charge in [-0.1, -0.05) is 18.5 Å². The van der Waals surface area contributed by atoms with E-state index >= 15 is 0 Å². The third-order valence-corrected chi connectivity index (χ3v) is 6.53. The normalized spacial score (nSPS) is 16.6. The number of aliphatic carboxylic acids is 1. The van der Waals surface area contributed by atoms with Gasteiger partial charge in [0.1, 0.15) is 11.6 Å². The van der Waals surface area contributed by atoms with Gasteiger partial charge in [-0.05, 0) is 80.1 Å². The Kier molecular flexibility index (Phi) is 7.78. The van der Waals surface area contributed by atoms with Gasteiger partial charge in [0.05, 0.1) is 6.04 Å². The van der Waals surface area contributed by atoms with Crippen molar-refractivity contribution in [2.45, 2.75) is 38.8 Å². The van der Waals surface area contributed by atoms with Gasteiger partial charge in [-0.25, -0.2) is 9.18 Å². The molecule has 0 saturated carbocycles. The maximum absolute atomic E-state index is 13.6. The minimum absolute atomic E-state index is 0.124. The average molecular weight is 525 g/mol. The van der Waals surface area contributed by atoms with E-state index in [1.807, 2.05) is 6.92 Å². The van der Waals surface area contributed by atoms with Gasteiger partial charge < -0.3 is 19.6 Å². The van der Waals surface area contributed by atoms with E-state index in [0.717, 1.165) is 0 Å². The number of carboxylic acids is 1. The summed E-state index contributed by atoms with van der Waals surface area (Å²) in [5.41, 5.74) is 2.16. The number of amides is 2. The fraction of sp³-hybridized carbons (Fsp3) is 0.250. The third kappa shape index (κ3) is 5.59. The molecule has 1 N–H and O–H groups in total. The molecule has 192 valence electrons. The molecule has 0 radical (unpaired) electrons. The summed E-state index contributed by atoms with van der Waals surface area (Å²) in [7, 11) is 0. The van der Waals surface area contributed by atoms with Gasteiger partial charge in [-0.3, -0.25) is 9.59 Å². The summed E-state index contributed by atoms with van der Waals surface area (Å²) in [6.07, 6.45) is 0.646. The first kappa shape index (κ1) is 26.2. The van der Waals surface area contributed by atoms with Crippen molar-refractivity contribution in [3.8, 4) is 5.75 Å². The third-order valence-electron chi connectivity index (χ3n) is 6.28. The highest BCUT2D eigenvalue weighted by molar-refractivity contribution is 6.30. The lowest BCUT2D eigenvalue weighted by molar-refractivity contribution is -0.139. The van der Waals surface area contributed by atoms with Crippen molar-refractivity contribution in [2.24, 2.45) is 0 Å². The average Bonchev–Trinajstić information content (AvgIpc) is 2.88. The molecule has 0 saturated heterocycles. The lowest BCUT2D eigenvalue weighted by Crippen LogP contribution is -2.47. The second kappa shape index (κ2) is 11.0. The molecule has 0 spiro atoms. The van der Waals surface area contributed by atoms with Crippen LogP contribution in [-0.4, -0.2) is 35.5 Å². The fourth-order valence-electron chi connectivity index (χ4n) is 4.60. The van der Waals surface area contributed by atoms with Crippen LogP contribution in [0.3, 0.4) is 0 Å². The Morgan fingerprint density at radius 1 is 1.08 bits per heavy atom. The van der Waals surface area contributed by atoms with Crippen molar-refractivity contribution in [3.63, 3.8) is 0 Å². The summed E-state index contributed by atoms with van der Waals surface area (Å²) < 4.78 is 18.9.